The van der Waals surface area contributed by atoms with Crippen LogP contribution in [0.2, 0.25) is 0 Å². The Morgan fingerprint density at radius 1 is 0.969 bits per heavy atom. The van der Waals surface area contributed by atoms with Gasteiger partial charge < -0.3 is 4.74 Å². The number of carbonyl (C=O) groups excluding carboxylic acids is 2. The summed E-state index contributed by atoms with van der Waals surface area (Å²) >= 11 is 0.911. The van der Waals surface area contributed by atoms with E-state index in [1.165, 1.54) is 12.1 Å². The molecule has 1 aliphatic heterocycles. The molecule has 2 aromatic carbocycles. The van der Waals surface area contributed by atoms with Gasteiger partial charge in [0.25, 0.3) is 5.24 Å². The summed E-state index contributed by atoms with van der Waals surface area (Å²) in [7, 11) is 0. The third kappa shape index (κ3) is 4.43. The van der Waals surface area contributed by atoms with Crippen LogP contribution in [0.15, 0.2) is 36.4 Å². The molecule has 0 radical (unpaired) electrons. The van der Waals surface area contributed by atoms with Gasteiger partial charge in [-0.05, 0) is 60.7 Å². The van der Waals surface area contributed by atoms with E-state index >= 15 is 0 Å². The lowest BCUT2D eigenvalue weighted by Crippen LogP contribution is -2.30. The number of benzene rings is 2. The number of fused-ring (bicyclic) bond motifs is 1. The highest BCUT2D eigenvalue weighted by atomic mass is 32.2. The van der Waals surface area contributed by atoms with Crippen molar-refractivity contribution in [2.75, 3.05) is 0 Å². The van der Waals surface area contributed by atoms with Gasteiger partial charge in [-0.15, -0.1) is 0 Å². The molecule has 2 aliphatic rings. The van der Waals surface area contributed by atoms with Crippen LogP contribution in [-0.2, 0) is 23.6 Å². The lowest BCUT2D eigenvalue weighted by atomic mass is 9.80. The van der Waals surface area contributed by atoms with Gasteiger partial charge in [-0.1, -0.05) is 17.8 Å². The fourth-order valence-corrected chi connectivity index (χ4v) is 4.99. The molecule has 0 spiro atoms. The molecule has 2 aromatic rings. The Morgan fingerprint density at radius 2 is 1.72 bits per heavy atom. The van der Waals surface area contributed by atoms with Crippen LogP contribution in [0.5, 0.6) is 11.5 Å². The predicted molar refractivity (Wildman–Crippen MR) is 104 cm³/mol. The number of nitrogens with one attached hydrogen (secondary N) is 1. The number of thioether (sulfide) groups is 1. The van der Waals surface area contributed by atoms with Crippen LogP contribution >= 0.6 is 11.8 Å². The number of hydrogen-bond acceptors (Lipinski definition) is 4. The lowest BCUT2D eigenvalue weighted by Gasteiger charge is -2.28. The molecule has 1 fully saturated rings. The third-order valence-corrected chi connectivity index (χ3v) is 6.51. The molecular formula is C21H15F6NO3S. The number of carbonyl (C=O) groups is 2. The van der Waals surface area contributed by atoms with Gasteiger partial charge in [0.2, 0.25) is 5.91 Å². The molecule has 4 nitrogen and oxygen atoms in total. The summed E-state index contributed by atoms with van der Waals surface area (Å²) in [6.45, 7) is 0. The van der Waals surface area contributed by atoms with Gasteiger partial charge in [0, 0.05) is 5.92 Å². The maximum atomic E-state index is 13.4. The molecule has 1 saturated heterocycles. The van der Waals surface area contributed by atoms with Gasteiger partial charge in [-0.25, -0.2) is 0 Å². The first-order chi connectivity index (χ1) is 14.9. The molecular weight excluding hydrogens is 460 g/mol. The van der Waals surface area contributed by atoms with Crippen molar-refractivity contribution in [2.45, 2.75) is 42.8 Å². The number of amides is 2. The van der Waals surface area contributed by atoms with Crippen molar-refractivity contribution in [3.05, 3.63) is 58.7 Å². The number of ether oxygens (including phenoxy) is 1. The van der Waals surface area contributed by atoms with E-state index in [9.17, 15) is 35.9 Å². The maximum absolute atomic E-state index is 13.4. The molecule has 32 heavy (non-hydrogen) atoms. The van der Waals surface area contributed by atoms with E-state index in [0.717, 1.165) is 22.9 Å². The largest absolute Gasteiger partial charge is 0.457 e. The van der Waals surface area contributed by atoms with E-state index in [-0.39, 0.29) is 23.6 Å². The van der Waals surface area contributed by atoms with Gasteiger partial charge in [-0.3, -0.25) is 14.9 Å². The minimum absolute atomic E-state index is 0.0245. The smallest absolute Gasteiger partial charge is 0.420 e. The van der Waals surface area contributed by atoms with E-state index < -0.39 is 39.7 Å². The summed E-state index contributed by atoms with van der Waals surface area (Å²) in [5.41, 5.74) is -1.39. The number of aryl methyl sites for hydroxylation is 1. The maximum Gasteiger partial charge on any atom is 0.420 e. The fourth-order valence-electron chi connectivity index (χ4n) is 3.98. The van der Waals surface area contributed by atoms with Crippen LogP contribution in [0.25, 0.3) is 0 Å². The fraction of sp³-hybridized carbons (Fsp3) is 0.333. The number of halogens is 6. The van der Waals surface area contributed by atoms with Crippen LogP contribution in [-0.4, -0.2) is 16.4 Å². The van der Waals surface area contributed by atoms with E-state index in [1.807, 2.05) is 0 Å². The third-order valence-electron chi connectivity index (χ3n) is 5.40. The first-order valence-electron chi connectivity index (χ1n) is 9.54. The van der Waals surface area contributed by atoms with Crippen LogP contribution in [0, 0.1) is 0 Å². The minimum Gasteiger partial charge on any atom is -0.457 e. The van der Waals surface area contributed by atoms with Gasteiger partial charge in [0.05, 0.1) is 11.1 Å². The molecule has 2 atom stereocenters. The van der Waals surface area contributed by atoms with Gasteiger partial charge in [0.1, 0.15) is 16.7 Å². The van der Waals surface area contributed by atoms with E-state index in [4.69, 9.17) is 4.74 Å². The summed E-state index contributed by atoms with van der Waals surface area (Å²) in [6, 6.07) is 5.77. The first-order valence-corrected chi connectivity index (χ1v) is 10.4. The highest BCUT2D eigenvalue weighted by molar-refractivity contribution is 8.15. The Balaban J connectivity index is 1.64. The molecule has 170 valence electrons. The number of rotatable bonds is 3. The molecule has 1 aliphatic carbocycles. The first kappa shape index (κ1) is 22.5. The topological polar surface area (TPSA) is 55.4 Å². The quantitative estimate of drug-likeness (QED) is 0.531. The van der Waals surface area contributed by atoms with Crippen molar-refractivity contribution < 1.29 is 40.7 Å². The minimum atomic E-state index is -5.05. The van der Waals surface area contributed by atoms with Crippen molar-refractivity contribution in [3.63, 3.8) is 0 Å². The van der Waals surface area contributed by atoms with Crippen LogP contribution in [0.1, 0.15) is 41.0 Å². The summed E-state index contributed by atoms with van der Waals surface area (Å²) < 4.78 is 84.0. The number of imide groups is 1. The average molecular weight is 475 g/mol. The molecule has 2 amide bonds. The Labute approximate surface area is 182 Å². The molecule has 0 saturated carbocycles. The monoisotopic (exact) mass is 475 g/mol. The standard InChI is InChI=1S/C21H15F6NO3S/c22-20(23,24)11-4-7-16(15(9-11)21(25,26)27)31-12-5-6-13-10(8-12)2-1-3-14(13)17-18(29)28-19(30)32-17/h4-9,14,17H,1-3H2,(H,28,29,30)/t14-,17?/m1/s1. The van der Waals surface area contributed by atoms with Crippen molar-refractivity contribution in [1.82, 2.24) is 5.32 Å². The van der Waals surface area contributed by atoms with Crippen molar-refractivity contribution in [1.29, 1.82) is 0 Å². The SMILES string of the molecule is O=C1NC(=O)C([C@@H]2CCCc3cc(Oc4ccc(C(F)(F)F)cc4C(F)(F)F)ccc32)S1. The summed E-state index contributed by atoms with van der Waals surface area (Å²) in [6.07, 6.45) is -8.01. The molecule has 1 heterocycles. The van der Waals surface area contributed by atoms with Crippen molar-refractivity contribution in [2.24, 2.45) is 0 Å². The molecule has 11 heteroatoms. The zero-order valence-corrected chi connectivity index (χ0v) is 17.0. The Morgan fingerprint density at radius 3 is 2.34 bits per heavy atom. The molecule has 0 aromatic heterocycles. The van der Waals surface area contributed by atoms with Crippen molar-refractivity contribution in [3.8, 4) is 11.5 Å². The molecule has 0 bridgehead atoms. The lowest BCUT2D eigenvalue weighted by molar-refractivity contribution is -0.143. The second-order valence-electron chi connectivity index (χ2n) is 7.48. The van der Waals surface area contributed by atoms with Crippen LogP contribution in [0.3, 0.4) is 0 Å². The second kappa shape index (κ2) is 8.02. The van der Waals surface area contributed by atoms with E-state index in [2.05, 4.69) is 5.32 Å². The van der Waals surface area contributed by atoms with Gasteiger partial charge >= 0.3 is 12.4 Å². The van der Waals surface area contributed by atoms with Gasteiger partial charge in [-0.2, -0.15) is 26.3 Å². The average Bonchev–Trinajstić information content (AvgIpc) is 3.03. The predicted octanol–water partition coefficient (Wildman–Crippen LogP) is 6.29. The summed E-state index contributed by atoms with van der Waals surface area (Å²) in [4.78, 5) is 23.6. The summed E-state index contributed by atoms with van der Waals surface area (Å²) in [5, 5.41) is 1.24. The molecule has 1 unspecified atom stereocenters. The van der Waals surface area contributed by atoms with Crippen LogP contribution < -0.4 is 10.1 Å². The normalized spacial score (nSPS) is 21.3. The summed E-state index contributed by atoms with van der Waals surface area (Å²) in [5.74, 6) is -1.32. The van der Waals surface area contributed by atoms with Crippen LogP contribution in [0.4, 0.5) is 31.1 Å². The zero-order chi connectivity index (χ0) is 23.3. The van der Waals surface area contributed by atoms with E-state index in [0.29, 0.717) is 31.4 Å². The number of hydrogen-bond donors (Lipinski definition) is 1. The Bertz CT molecular complexity index is 1080. The molecule has 4 rings (SSSR count). The Kier molecular flexibility index (Phi) is 5.64. The van der Waals surface area contributed by atoms with Gasteiger partial charge in [0.15, 0.2) is 0 Å². The highest BCUT2D eigenvalue weighted by Gasteiger charge is 2.41. The molecule has 1 N–H and O–H groups in total. The number of alkyl halides is 6. The van der Waals surface area contributed by atoms with Crippen molar-refractivity contribution >= 4 is 22.9 Å². The zero-order valence-electron chi connectivity index (χ0n) is 16.1. The Hall–Kier alpha value is -2.69. The highest BCUT2D eigenvalue weighted by Crippen LogP contribution is 2.44. The second-order valence-corrected chi connectivity index (χ2v) is 8.60. The van der Waals surface area contributed by atoms with E-state index in [1.54, 1.807) is 6.07 Å².